The van der Waals surface area contributed by atoms with Gasteiger partial charge in [-0.1, -0.05) is 13.8 Å². The van der Waals surface area contributed by atoms with Crippen molar-refractivity contribution in [2.24, 2.45) is 0 Å². The highest BCUT2D eigenvalue weighted by Crippen LogP contribution is 2.32. The lowest BCUT2D eigenvalue weighted by atomic mass is 10.0. The van der Waals surface area contributed by atoms with E-state index in [-0.39, 0.29) is 0 Å². The Balaban J connectivity index is 1.79. The van der Waals surface area contributed by atoms with Crippen LogP contribution < -0.4 is 0 Å². The zero-order chi connectivity index (χ0) is 16.2. The summed E-state index contributed by atoms with van der Waals surface area (Å²) in [4.78, 5) is 19.5. The lowest BCUT2D eigenvalue weighted by Gasteiger charge is -2.34. The van der Waals surface area contributed by atoms with Crippen molar-refractivity contribution in [3.63, 3.8) is 0 Å². The molecule has 0 fully saturated rings. The second kappa shape index (κ2) is 7.45. The summed E-state index contributed by atoms with van der Waals surface area (Å²) in [7, 11) is 0. The van der Waals surface area contributed by atoms with Crippen LogP contribution in [-0.2, 0) is 13.0 Å². The van der Waals surface area contributed by atoms with Crippen LogP contribution in [0.15, 0.2) is 18.6 Å². The van der Waals surface area contributed by atoms with E-state index in [1.54, 1.807) is 0 Å². The highest BCUT2D eigenvalue weighted by molar-refractivity contribution is 7.98. The average Bonchev–Trinajstić information content (AvgIpc) is 3.02. The number of hydrogen-bond acceptors (Lipinski definition) is 5. The summed E-state index contributed by atoms with van der Waals surface area (Å²) >= 11 is 1.90. The minimum Gasteiger partial charge on any atom is -0.348 e. The fourth-order valence-electron chi connectivity index (χ4n) is 3.13. The zero-order valence-electron chi connectivity index (χ0n) is 14.1. The molecule has 1 N–H and O–H groups in total. The Hall–Kier alpha value is -1.40. The van der Waals surface area contributed by atoms with Gasteiger partial charge in [0.25, 0.3) is 0 Å². The number of fused-ring (bicyclic) bond motifs is 1. The van der Waals surface area contributed by atoms with Crippen molar-refractivity contribution in [1.29, 1.82) is 0 Å². The Morgan fingerprint density at radius 2 is 2.26 bits per heavy atom. The second-order valence-electron chi connectivity index (χ2n) is 6.34. The number of rotatable bonds is 6. The molecule has 3 rings (SSSR count). The molecule has 0 unspecified atom stereocenters. The molecular formula is C17H25N5S. The number of nitrogens with zero attached hydrogens (tertiary/aromatic N) is 4. The summed E-state index contributed by atoms with van der Waals surface area (Å²) in [6.07, 6.45) is 8.05. The van der Waals surface area contributed by atoms with Crippen molar-refractivity contribution in [3.8, 4) is 0 Å². The van der Waals surface area contributed by atoms with Gasteiger partial charge >= 0.3 is 0 Å². The first-order valence-electron chi connectivity index (χ1n) is 8.26. The first-order valence-corrected chi connectivity index (χ1v) is 9.65. The van der Waals surface area contributed by atoms with Gasteiger partial charge in [0.2, 0.25) is 0 Å². The van der Waals surface area contributed by atoms with E-state index in [1.807, 2.05) is 30.4 Å². The number of aromatic nitrogens is 4. The van der Waals surface area contributed by atoms with E-state index in [9.17, 15) is 0 Å². The van der Waals surface area contributed by atoms with Crippen LogP contribution in [0.3, 0.4) is 0 Å². The lowest BCUT2D eigenvalue weighted by molar-refractivity contribution is 0.166. The number of H-pyrrole nitrogens is 1. The van der Waals surface area contributed by atoms with Crippen molar-refractivity contribution in [2.75, 3.05) is 18.6 Å². The molecule has 0 spiro atoms. The maximum absolute atomic E-state index is 4.74. The predicted octanol–water partition coefficient (Wildman–Crippen LogP) is 3.18. The molecular weight excluding hydrogens is 306 g/mol. The molecule has 0 aliphatic carbocycles. The van der Waals surface area contributed by atoms with Crippen LogP contribution >= 0.6 is 11.8 Å². The van der Waals surface area contributed by atoms with Gasteiger partial charge in [-0.15, -0.1) is 0 Å². The summed E-state index contributed by atoms with van der Waals surface area (Å²) in [5.41, 5.74) is 3.64. The first-order chi connectivity index (χ1) is 11.2. The van der Waals surface area contributed by atoms with E-state index >= 15 is 0 Å². The van der Waals surface area contributed by atoms with Gasteiger partial charge in [-0.2, -0.15) is 11.8 Å². The fourth-order valence-corrected chi connectivity index (χ4v) is 3.59. The number of imidazole rings is 1. The molecule has 0 amide bonds. The molecule has 1 aliphatic heterocycles. The first kappa shape index (κ1) is 16.5. The zero-order valence-corrected chi connectivity index (χ0v) is 14.9. The maximum atomic E-state index is 4.74. The number of hydrogen-bond donors (Lipinski definition) is 1. The third-order valence-corrected chi connectivity index (χ3v) is 5.01. The SMILES string of the molecule is CSCC[C@H]1c2nc[nH]c2CCN1Cc1ccnc(C(C)C)n1. The molecule has 1 aliphatic rings. The van der Waals surface area contributed by atoms with E-state index in [0.717, 1.165) is 43.2 Å². The van der Waals surface area contributed by atoms with Gasteiger partial charge in [0, 0.05) is 37.3 Å². The lowest BCUT2D eigenvalue weighted by Crippen LogP contribution is -2.35. The van der Waals surface area contributed by atoms with Gasteiger partial charge in [-0.05, 0) is 24.5 Å². The van der Waals surface area contributed by atoms with Gasteiger partial charge in [0.15, 0.2) is 0 Å². The van der Waals surface area contributed by atoms with Crippen LogP contribution in [0.1, 0.15) is 55.1 Å². The highest BCUT2D eigenvalue weighted by atomic mass is 32.2. The Kier molecular flexibility index (Phi) is 5.33. The average molecular weight is 331 g/mol. The second-order valence-corrected chi connectivity index (χ2v) is 7.33. The van der Waals surface area contributed by atoms with Gasteiger partial charge in [-0.3, -0.25) is 4.90 Å². The third-order valence-electron chi connectivity index (χ3n) is 4.37. The van der Waals surface area contributed by atoms with E-state index in [4.69, 9.17) is 4.98 Å². The molecule has 0 aromatic carbocycles. The van der Waals surface area contributed by atoms with E-state index in [2.05, 4.69) is 40.0 Å². The maximum Gasteiger partial charge on any atom is 0.131 e. The molecule has 5 nitrogen and oxygen atoms in total. The molecule has 0 bridgehead atoms. The molecule has 124 valence electrons. The minimum atomic E-state index is 0.363. The Morgan fingerprint density at radius 3 is 3.04 bits per heavy atom. The number of aromatic amines is 1. The van der Waals surface area contributed by atoms with Gasteiger partial charge in [0.1, 0.15) is 5.82 Å². The minimum absolute atomic E-state index is 0.363. The van der Waals surface area contributed by atoms with E-state index < -0.39 is 0 Å². The van der Waals surface area contributed by atoms with Gasteiger partial charge in [0.05, 0.1) is 23.8 Å². The molecule has 23 heavy (non-hydrogen) atoms. The molecule has 0 saturated heterocycles. The van der Waals surface area contributed by atoms with E-state index in [0.29, 0.717) is 12.0 Å². The highest BCUT2D eigenvalue weighted by Gasteiger charge is 2.29. The van der Waals surface area contributed by atoms with Crippen molar-refractivity contribution in [1.82, 2.24) is 24.8 Å². The standard InChI is InChI=1S/C17H25N5S/c1-12(2)17-18-7-4-13(21-17)10-22-8-5-14-16(20-11-19-14)15(22)6-9-23-3/h4,7,11-12,15H,5-6,8-10H2,1-3H3,(H,19,20)/t15-/m0/s1. The quantitative estimate of drug-likeness (QED) is 0.881. The molecule has 2 aromatic rings. The largest absolute Gasteiger partial charge is 0.348 e. The van der Waals surface area contributed by atoms with Gasteiger partial charge < -0.3 is 4.98 Å². The van der Waals surface area contributed by atoms with Crippen molar-refractivity contribution in [2.45, 2.75) is 45.2 Å². The number of nitrogens with one attached hydrogen (secondary N) is 1. The number of thioether (sulfide) groups is 1. The molecule has 0 saturated carbocycles. The Labute approximate surface area is 142 Å². The summed E-state index contributed by atoms with van der Waals surface area (Å²) < 4.78 is 0. The predicted molar refractivity (Wildman–Crippen MR) is 94.6 cm³/mol. The smallest absolute Gasteiger partial charge is 0.131 e. The van der Waals surface area contributed by atoms with Gasteiger partial charge in [-0.25, -0.2) is 15.0 Å². The molecule has 1 atom stereocenters. The van der Waals surface area contributed by atoms with Crippen molar-refractivity contribution >= 4 is 11.8 Å². The normalized spacial score (nSPS) is 18.3. The van der Waals surface area contributed by atoms with Crippen LogP contribution in [0.25, 0.3) is 0 Å². The van der Waals surface area contributed by atoms with Crippen LogP contribution in [0.2, 0.25) is 0 Å². The van der Waals surface area contributed by atoms with Crippen molar-refractivity contribution in [3.05, 3.63) is 41.5 Å². The van der Waals surface area contributed by atoms with Crippen LogP contribution in [0.4, 0.5) is 0 Å². The van der Waals surface area contributed by atoms with Crippen molar-refractivity contribution < 1.29 is 0 Å². The third kappa shape index (κ3) is 3.75. The Bertz CT molecular complexity index is 639. The topological polar surface area (TPSA) is 57.7 Å². The van der Waals surface area contributed by atoms with Crippen LogP contribution in [0.5, 0.6) is 0 Å². The Morgan fingerprint density at radius 1 is 1.39 bits per heavy atom. The van der Waals surface area contributed by atoms with Crippen LogP contribution in [0, 0.1) is 0 Å². The monoisotopic (exact) mass is 331 g/mol. The summed E-state index contributed by atoms with van der Waals surface area (Å²) in [6.45, 7) is 6.19. The summed E-state index contributed by atoms with van der Waals surface area (Å²) in [6, 6.07) is 2.42. The molecule has 3 heterocycles. The molecule has 2 aromatic heterocycles. The van der Waals surface area contributed by atoms with E-state index in [1.165, 1.54) is 11.4 Å². The fraction of sp³-hybridized carbons (Fsp3) is 0.588. The van der Waals surface area contributed by atoms with Crippen LogP contribution in [-0.4, -0.2) is 43.4 Å². The summed E-state index contributed by atoms with van der Waals surface area (Å²) in [5.74, 6) is 2.44. The summed E-state index contributed by atoms with van der Waals surface area (Å²) in [5, 5.41) is 0. The molecule has 0 radical (unpaired) electrons. The molecule has 6 heteroatoms.